The summed E-state index contributed by atoms with van der Waals surface area (Å²) in [6.07, 6.45) is 11.2. The number of ether oxygens (including phenoxy) is 1. The number of rotatable bonds is 5. The molecule has 2 aliphatic carbocycles. The zero-order valence-corrected chi connectivity index (χ0v) is 14.6. The average Bonchev–Trinajstić information content (AvgIpc) is 2.92. The average molecular weight is 310 g/mol. The van der Waals surface area contributed by atoms with Crippen LogP contribution in [0.15, 0.2) is 0 Å². The van der Waals surface area contributed by atoms with E-state index < -0.39 is 5.60 Å². The van der Waals surface area contributed by atoms with Crippen molar-refractivity contribution in [3.8, 4) is 0 Å². The topological polar surface area (TPSA) is 50.4 Å². The van der Waals surface area contributed by atoms with Gasteiger partial charge in [-0.1, -0.05) is 25.7 Å². The van der Waals surface area contributed by atoms with E-state index in [0.717, 1.165) is 31.6 Å². The predicted molar refractivity (Wildman–Crippen MR) is 90.0 cm³/mol. The smallest absolute Gasteiger partial charge is 0.407 e. The molecule has 0 atom stereocenters. The quantitative estimate of drug-likeness (QED) is 0.807. The monoisotopic (exact) mass is 310 g/mol. The van der Waals surface area contributed by atoms with Gasteiger partial charge >= 0.3 is 6.09 Å². The van der Waals surface area contributed by atoms with Crippen LogP contribution in [0.2, 0.25) is 0 Å². The second kappa shape index (κ2) is 8.19. The lowest BCUT2D eigenvalue weighted by Gasteiger charge is -2.30. The van der Waals surface area contributed by atoms with Crippen molar-refractivity contribution < 1.29 is 9.53 Å². The van der Waals surface area contributed by atoms with Crippen molar-refractivity contribution in [3.63, 3.8) is 0 Å². The zero-order chi connectivity index (χ0) is 16.0. The van der Waals surface area contributed by atoms with Crippen LogP contribution < -0.4 is 10.6 Å². The molecule has 4 heteroatoms. The Labute approximate surface area is 135 Å². The highest BCUT2D eigenvalue weighted by Crippen LogP contribution is 2.27. The molecule has 0 aromatic carbocycles. The molecule has 4 nitrogen and oxygen atoms in total. The Morgan fingerprint density at radius 3 is 2.18 bits per heavy atom. The van der Waals surface area contributed by atoms with Gasteiger partial charge in [0.15, 0.2) is 0 Å². The van der Waals surface area contributed by atoms with Gasteiger partial charge in [0.25, 0.3) is 0 Å². The Morgan fingerprint density at radius 1 is 1.00 bits per heavy atom. The van der Waals surface area contributed by atoms with Gasteiger partial charge in [0, 0.05) is 12.1 Å². The third-order valence-electron chi connectivity index (χ3n) is 4.91. The van der Waals surface area contributed by atoms with Gasteiger partial charge in [-0.25, -0.2) is 4.79 Å². The Kier molecular flexibility index (Phi) is 6.54. The van der Waals surface area contributed by atoms with Crippen LogP contribution in [-0.2, 0) is 4.74 Å². The van der Waals surface area contributed by atoms with Crippen LogP contribution >= 0.6 is 0 Å². The molecule has 22 heavy (non-hydrogen) atoms. The number of hydrogen-bond donors (Lipinski definition) is 2. The molecule has 0 bridgehead atoms. The highest BCUT2D eigenvalue weighted by molar-refractivity contribution is 5.68. The molecule has 0 spiro atoms. The van der Waals surface area contributed by atoms with E-state index in [1.807, 2.05) is 20.8 Å². The summed E-state index contributed by atoms with van der Waals surface area (Å²) in [6, 6.07) is 0.917. The van der Waals surface area contributed by atoms with Gasteiger partial charge in [-0.15, -0.1) is 0 Å². The van der Waals surface area contributed by atoms with Crippen LogP contribution in [0.4, 0.5) is 4.79 Å². The summed E-state index contributed by atoms with van der Waals surface area (Å²) in [5.74, 6) is 0.970. The Hall–Kier alpha value is -0.770. The number of alkyl carbamates (subject to hydrolysis) is 1. The number of amides is 1. The fourth-order valence-corrected chi connectivity index (χ4v) is 3.71. The van der Waals surface area contributed by atoms with Crippen molar-refractivity contribution in [2.24, 2.45) is 5.92 Å². The molecule has 2 aliphatic rings. The summed E-state index contributed by atoms with van der Waals surface area (Å²) in [7, 11) is 0. The minimum Gasteiger partial charge on any atom is -0.444 e. The van der Waals surface area contributed by atoms with Crippen molar-refractivity contribution in [1.29, 1.82) is 0 Å². The molecule has 0 unspecified atom stereocenters. The highest BCUT2D eigenvalue weighted by atomic mass is 16.6. The SMILES string of the molecule is CC(C)(C)OC(=O)NC1CCC(NCCC2CCCC2)CC1. The largest absolute Gasteiger partial charge is 0.444 e. The number of nitrogens with one attached hydrogen (secondary N) is 2. The van der Waals surface area contributed by atoms with Gasteiger partial charge in [0.1, 0.15) is 5.60 Å². The molecule has 2 N–H and O–H groups in total. The van der Waals surface area contributed by atoms with Crippen LogP contribution in [0.5, 0.6) is 0 Å². The fraction of sp³-hybridized carbons (Fsp3) is 0.944. The number of carbonyl (C=O) groups excluding carboxylic acids is 1. The molecule has 0 aromatic rings. The van der Waals surface area contributed by atoms with Crippen molar-refractivity contribution in [2.45, 2.75) is 96.2 Å². The van der Waals surface area contributed by atoms with Crippen LogP contribution in [0, 0.1) is 5.92 Å². The van der Waals surface area contributed by atoms with Crippen LogP contribution in [0.1, 0.15) is 78.6 Å². The van der Waals surface area contributed by atoms with E-state index in [2.05, 4.69) is 10.6 Å². The standard InChI is InChI=1S/C18H34N2O2/c1-18(2,3)22-17(21)20-16-10-8-15(9-11-16)19-13-12-14-6-4-5-7-14/h14-16,19H,4-13H2,1-3H3,(H,20,21). The van der Waals surface area contributed by atoms with Crippen LogP contribution in [0.25, 0.3) is 0 Å². The third-order valence-corrected chi connectivity index (χ3v) is 4.91. The molecular formula is C18H34N2O2. The molecule has 2 saturated carbocycles. The summed E-state index contributed by atoms with van der Waals surface area (Å²) in [6.45, 7) is 6.87. The molecule has 128 valence electrons. The maximum absolute atomic E-state index is 11.8. The molecule has 0 heterocycles. The van der Waals surface area contributed by atoms with E-state index in [1.165, 1.54) is 38.6 Å². The van der Waals surface area contributed by atoms with E-state index in [9.17, 15) is 4.79 Å². The third kappa shape index (κ3) is 6.55. The second-order valence-corrected chi connectivity index (χ2v) is 8.09. The van der Waals surface area contributed by atoms with Gasteiger partial charge < -0.3 is 15.4 Å². The Balaban J connectivity index is 1.56. The van der Waals surface area contributed by atoms with Gasteiger partial charge in [-0.05, 0) is 65.3 Å². The first kappa shape index (κ1) is 17.6. The lowest BCUT2D eigenvalue weighted by atomic mass is 9.91. The lowest BCUT2D eigenvalue weighted by molar-refractivity contribution is 0.0489. The maximum atomic E-state index is 11.8. The molecule has 0 aromatic heterocycles. The minimum absolute atomic E-state index is 0.273. The first-order valence-corrected chi connectivity index (χ1v) is 9.15. The summed E-state index contributed by atoms with van der Waals surface area (Å²) in [5, 5.41) is 6.72. The van der Waals surface area contributed by atoms with E-state index in [-0.39, 0.29) is 12.1 Å². The van der Waals surface area contributed by atoms with E-state index in [1.54, 1.807) is 0 Å². The number of hydrogen-bond acceptors (Lipinski definition) is 3. The zero-order valence-electron chi connectivity index (χ0n) is 14.6. The normalized spacial score (nSPS) is 26.9. The van der Waals surface area contributed by atoms with Crippen molar-refractivity contribution in [3.05, 3.63) is 0 Å². The van der Waals surface area contributed by atoms with E-state index >= 15 is 0 Å². The Morgan fingerprint density at radius 2 is 1.59 bits per heavy atom. The summed E-state index contributed by atoms with van der Waals surface area (Å²) < 4.78 is 5.32. The predicted octanol–water partition coefficient (Wildman–Crippen LogP) is 3.99. The first-order chi connectivity index (χ1) is 10.4. The summed E-state index contributed by atoms with van der Waals surface area (Å²) >= 11 is 0. The van der Waals surface area contributed by atoms with Gasteiger partial charge in [0.2, 0.25) is 0 Å². The van der Waals surface area contributed by atoms with Gasteiger partial charge in [-0.2, -0.15) is 0 Å². The van der Waals surface area contributed by atoms with Crippen LogP contribution in [0.3, 0.4) is 0 Å². The molecule has 0 radical (unpaired) electrons. The number of carbonyl (C=O) groups is 1. The van der Waals surface area contributed by atoms with Crippen molar-refractivity contribution >= 4 is 6.09 Å². The van der Waals surface area contributed by atoms with E-state index in [0.29, 0.717) is 6.04 Å². The maximum Gasteiger partial charge on any atom is 0.407 e. The van der Waals surface area contributed by atoms with Crippen molar-refractivity contribution in [2.75, 3.05) is 6.54 Å². The molecule has 2 fully saturated rings. The molecule has 0 saturated heterocycles. The highest BCUT2D eigenvalue weighted by Gasteiger charge is 2.24. The van der Waals surface area contributed by atoms with Gasteiger partial charge in [-0.3, -0.25) is 0 Å². The Bertz CT molecular complexity index is 337. The lowest BCUT2D eigenvalue weighted by Crippen LogP contribution is -2.44. The summed E-state index contributed by atoms with van der Waals surface area (Å²) in [5.41, 5.74) is -0.414. The molecular weight excluding hydrogens is 276 g/mol. The first-order valence-electron chi connectivity index (χ1n) is 9.15. The molecule has 1 amide bonds. The molecule has 0 aliphatic heterocycles. The van der Waals surface area contributed by atoms with Crippen molar-refractivity contribution in [1.82, 2.24) is 10.6 Å². The van der Waals surface area contributed by atoms with Crippen LogP contribution in [-0.4, -0.2) is 30.3 Å². The van der Waals surface area contributed by atoms with E-state index in [4.69, 9.17) is 4.74 Å². The van der Waals surface area contributed by atoms with Gasteiger partial charge in [0.05, 0.1) is 0 Å². The second-order valence-electron chi connectivity index (χ2n) is 8.09. The fourth-order valence-electron chi connectivity index (χ4n) is 3.71. The summed E-state index contributed by atoms with van der Waals surface area (Å²) in [4.78, 5) is 11.8. The minimum atomic E-state index is -0.414. The molecule has 2 rings (SSSR count).